The third-order valence-corrected chi connectivity index (χ3v) is 6.01. The van der Waals surface area contributed by atoms with Crippen molar-refractivity contribution in [2.75, 3.05) is 30.3 Å². The highest BCUT2D eigenvalue weighted by molar-refractivity contribution is 7.14. The normalized spacial score (nSPS) is 19.0. The summed E-state index contributed by atoms with van der Waals surface area (Å²) in [5.41, 5.74) is 6.07. The second-order valence-electron chi connectivity index (χ2n) is 6.24. The van der Waals surface area contributed by atoms with E-state index in [0.29, 0.717) is 43.4 Å². The van der Waals surface area contributed by atoms with Crippen molar-refractivity contribution in [2.24, 2.45) is 0 Å². The van der Waals surface area contributed by atoms with E-state index in [1.54, 1.807) is 6.07 Å². The van der Waals surface area contributed by atoms with E-state index in [1.807, 2.05) is 4.90 Å². The lowest BCUT2D eigenvalue weighted by molar-refractivity contribution is -0.0758. The van der Waals surface area contributed by atoms with Gasteiger partial charge < -0.3 is 20.5 Å². The van der Waals surface area contributed by atoms with Crippen molar-refractivity contribution in [1.82, 2.24) is 9.97 Å². The summed E-state index contributed by atoms with van der Waals surface area (Å²) in [7, 11) is 0. The molecule has 1 spiro atoms. The Morgan fingerprint density at radius 1 is 1.44 bits per heavy atom. The van der Waals surface area contributed by atoms with E-state index < -0.39 is 17.4 Å². The van der Waals surface area contributed by atoms with E-state index in [2.05, 4.69) is 9.97 Å². The van der Waals surface area contributed by atoms with Crippen molar-refractivity contribution in [2.45, 2.75) is 24.9 Å². The smallest absolute Gasteiger partial charge is 0.345 e. The Labute approximate surface area is 147 Å². The topological polar surface area (TPSA) is 102 Å². The molecule has 0 radical (unpaired) electrons. The van der Waals surface area contributed by atoms with Crippen LogP contribution in [-0.2, 0) is 16.8 Å². The van der Waals surface area contributed by atoms with E-state index in [0.717, 1.165) is 23.1 Å². The van der Waals surface area contributed by atoms with Gasteiger partial charge in [0.15, 0.2) is 11.6 Å². The van der Waals surface area contributed by atoms with Crippen LogP contribution < -0.4 is 10.6 Å². The van der Waals surface area contributed by atoms with Gasteiger partial charge in [0.1, 0.15) is 4.88 Å². The average Bonchev–Trinajstić information content (AvgIpc) is 3.05. The third kappa shape index (κ3) is 2.73. The van der Waals surface area contributed by atoms with Gasteiger partial charge in [0.25, 0.3) is 0 Å². The minimum Gasteiger partial charge on any atom is -0.477 e. The second-order valence-corrected chi connectivity index (χ2v) is 7.37. The molecule has 0 amide bonds. The molecule has 3 N–H and O–H groups in total. The van der Waals surface area contributed by atoms with Crippen LogP contribution >= 0.6 is 11.3 Å². The van der Waals surface area contributed by atoms with E-state index in [-0.39, 0.29) is 5.82 Å². The number of halogens is 1. The minimum atomic E-state index is -0.901. The Balaban J connectivity index is 1.57. The SMILES string of the molecule is Nc1nc(N2CCC3(CC2)OCCc2sc(C(=O)O)cc23)ncc1F. The number of piperidine rings is 1. The van der Waals surface area contributed by atoms with Gasteiger partial charge in [-0.2, -0.15) is 4.98 Å². The first-order valence-corrected chi connectivity index (χ1v) is 8.83. The number of carbonyl (C=O) groups is 1. The molecule has 0 aromatic carbocycles. The highest BCUT2D eigenvalue weighted by Crippen LogP contribution is 2.44. The fourth-order valence-electron chi connectivity index (χ4n) is 3.53. The number of carboxylic acids is 1. The number of nitrogens with two attached hydrogens (primary N) is 1. The van der Waals surface area contributed by atoms with Gasteiger partial charge in [-0.1, -0.05) is 0 Å². The van der Waals surface area contributed by atoms with Crippen molar-refractivity contribution in [1.29, 1.82) is 0 Å². The van der Waals surface area contributed by atoms with Gasteiger partial charge >= 0.3 is 5.97 Å². The fraction of sp³-hybridized carbons (Fsp3) is 0.438. The molecule has 0 atom stereocenters. The summed E-state index contributed by atoms with van der Waals surface area (Å²) in [5, 5.41) is 9.26. The zero-order chi connectivity index (χ0) is 17.6. The van der Waals surface area contributed by atoms with Gasteiger partial charge in [-0.25, -0.2) is 14.2 Å². The Bertz CT molecular complexity index is 833. The number of aromatic carboxylic acids is 1. The third-order valence-electron chi connectivity index (χ3n) is 4.83. The molecule has 0 bridgehead atoms. The Morgan fingerprint density at radius 2 is 2.20 bits per heavy atom. The summed E-state index contributed by atoms with van der Waals surface area (Å²) in [6, 6.07) is 1.75. The van der Waals surface area contributed by atoms with Crippen LogP contribution in [0.25, 0.3) is 0 Å². The molecular weight excluding hydrogens is 347 g/mol. The molecule has 9 heteroatoms. The van der Waals surface area contributed by atoms with Crippen LogP contribution in [0, 0.1) is 5.82 Å². The molecule has 1 fully saturated rings. The molecule has 2 aromatic rings. The number of thiophene rings is 1. The first-order valence-electron chi connectivity index (χ1n) is 8.02. The molecule has 7 nitrogen and oxygen atoms in total. The average molecular weight is 364 g/mol. The molecule has 0 saturated carbocycles. The molecule has 2 aliphatic heterocycles. The summed E-state index contributed by atoms with van der Waals surface area (Å²) >= 11 is 1.34. The van der Waals surface area contributed by atoms with Gasteiger partial charge in [0.05, 0.1) is 18.4 Å². The number of nitrogens with zero attached hydrogens (tertiary/aromatic N) is 3. The van der Waals surface area contributed by atoms with Gasteiger partial charge in [0, 0.05) is 24.4 Å². The molecule has 0 unspecified atom stereocenters. The van der Waals surface area contributed by atoms with Gasteiger partial charge in [-0.05, 0) is 24.5 Å². The first-order chi connectivity index (χ1) is 12.0. The number of anilines is 2. The van der Waals surface area contributed by atoms with Crippen molar-refractivity contribution in [3.8, 4) is 0 Å². The molecule has 4 rings (SSSR count). The van der Waals surface area contributed by atoms with Crippen LogP contribution in [-0.4, -0.2) is 40.7 Å². The first kappa shape index (κ1) is 16.2. The molecular formula is C16H17FN4O3S. The van der Waals surface area contributed by atoms with E-state index in [9.17, 15) is 14.3 Å². The Hall–Kier alpha value is -2.26. The van der Waals surface area contributed by atoms with Crippen LogP contribution in [0.15, 0.2) is 12.3 Å². The maximum Gasteiger partial charge on any atom is 0.345 e. The zero-order valence-electron chi connectivity index (χ0n) is 13.4. The molecule has 2 aromatic heterocycles. The quantitative estimate of drug-likeness (QED) is 0.840. The maximum atomic E-state index is 13.2. The monoisotopic (exact) mass is 364 g/mol. The summed E-state index contributed by atoms with van der Waals surface area (Å²) in [4.78, 5) is 22.7. The van der Waals surface area contributed by atoms with Crippen LogP contribution in [0.4, 0.5) is 16.2 Å². The van der Waals surface area contributed by atoms with E-state index in [1.165, 1.54) is 11.3 Å². The summed E-state index contributed by atoms with van der Waals surface area (Å²) in [5.74, 6) is -1.29. The largest absolute Gasteiger partial charge is 0.477 e. The number of rotatable bonds is 2. The van der Waals surface area contributed by atoms with Gasteiger partial charge in [0.2, 0.25) is 5.95 Å². The standard InChI is InChI=1S/C16H17FN4O3S/c17-10-8-19-15(20-13(10)18)21-4-2-16(3-5-21)9-7-12(14(22)23)25-11(9)1-6-24-16/h7-8H,1-6H2,(H,22,23)(H2,18,19,20). The minimum absolute atomic E-state index is 0.162. The predicted molar refractivity (Wildman–Crippen MR) is 90.5 cm³/mol. The lowest BCUT2D eigenvalue weighted by Crippen LogP contribution is -2.46. The summed E-state index contributed by atoms with van der Waals surface area (Å²) in [6.45, 7) is 1.85. The second kappa shape index (κ2) is 5.92. The molecule has 132 valence electrons. The molecule has 25 heavy (non-hydrogen) atoms. The van der Waals surface area contributed by atoms with Crippen molar-refractivity contribution in [3.63, 3.8) is 0 Å². The Morgan fingerprint density at radius 3 is 2.88 bits per heavy atom. The lowest BCUT2D eigenvalue weighted by atomic mass is 9.82. The zero-order valence-corrected chi connectivity index (χ0v) is 14.2. The maximum absolute atomic E-state index is 13.2. The van der Waals surface area contributed by atoms with E-state index in [4.69, 9.17) is 10.5 Å². The van der Waals surface area contributed by atoms with Crippen LogP contribution in [0.3, 0.4) is 0 Å². The summed E-state index contributed by atoms with van der Waals surface area (Å²) in [6.07, 6.45) is 3.21. The van der Waals surface area contributed by atoms with Crippen LogP contribution in [0.2, 0.25) is 0 Å². The fourth-order valence-corrected chi connectivity index (χ4v) is 4.60. The number of carboxylic acid groups (broad SMARTS) is 1. The molecule has 1 saturated heterocycles. The van der Waals surface area contributed by atoms with Crippen molar-refractivity contribution in [3.05, 3.63) is 33.4 Å². The van der Waals surface area contributed by atoms with Crippen molar-refractivity contribution >= 4 is 29.1 Å². The van der Waals surface area contributed by atoms with Gasteiger partial charge in [-0.15, -0.1) is 11.3 Å². The number of aromatic nitrogens is 2. The number of nitrogen functional groups attached to an aromatic ring is 1. The highest BCUT2D eigenvalue weighted by atomic mass is 32.1. The molecule has 2 aliphatic rings. The predicted octanol–water partition coefficient (Wildman–Crippen LogP) is 2.03. The van der Waals surface area contributed by atoms with Crippen molar-refractivity contribution < 1.29 is 19.0 Å². The van der Waals surface area contributed by atoms with E-state index >= 15 is 0 Å². The summed E-state index contributed by atoms with van der Waals surface area (Å²) < 4.78 is 19.4. The van der Waals surface area contributed by atoms with Gasteiger partial charge in [-0.3, -0.25) is 0 Å². The number of fused-ring (bicyclic) bond motifs is 2. The Kier molecular flexibility index (Phi) is 3.84. The van der Waals surface area contributed by atoms with Crippen LogP contribution in [0.1, 0.15) is 33.0 Å². The number of ether oxygens (including phenoxy) is 1. The molecule has 0 aliphatic carbocycles. The number of hydrogen-bond donors (Lipinski definition) is 2. The van der Waals surface area contributed by atoms with Crippen LogP contribution in [0.5, 0.6) is 0 Å². The number of hydrogen-bond acceptors (Lipinski definition) is 7. The lowest BCUT2D eigenvalue weighted by Gasteiger charge is -2.44. The molecule has 4 heterocycles. The highest BCUT2D eigenvalue weighted by Gasteiger charge is 2.42.